The van der Waals surface area contributed by atoms with E-state index in [9.17, 15) is 19.5 Å². The van der Waals surface area contributed by atoms with E-state index in [1.54, 1.807) is 29.2 Å². The molecule has 8 heteroatoms. The molecule has 0 radical (unpaired) electrons. The molecule has 2 aromatic carbocycles. The predicted octanol–water partition coefficient (Wildman–Crippen LogP) is 1.55. The lowest BCUT2D eigenvalue weighted by Crippen LogP contribution is -2.48. The van der Waals surface area contributed by atoms with Gasteiger partial charge in [0.05, 0.1) is 17.2 Å². The maximum absolute atomic E-state index is 13.0. The molecule has 1 N–H and O–H groups in total. The third-order valence-corrected chi connectivity index (χ3v) is 4.80. The first-order chi connectivity index (χ1) is 13.9. The molecule has 1 aliphatic rings. The van der Waals surface area contributed by atoms with E-state index in [1.807, 2.05) is 24.3 Å². The molecule has 0 spiro atoms. The van der Waals surface area contributed by atoms with E-state index in [0.29, 0.717) is 48.5 Å². The van der Waals surface area contributed by atoms with Crippen LogP contribution in [-0.4, -0.2) is 48.9 Å². The van der Waals surface area contributed by atoms with Gasteiger partial charge < -0.3 is 25.0 Å². The van der Waals surface area contributed by atoms with E-state index in [-0.39, 0.29) is 5.91 Å². The highest BCUT2D eigenvalue weighted by atomic mass is 35.5. The van der Waals surface area contributed by atoms with Crippen LogP contribution in [-0.2, 0) is 9.59 Å². The van der Waals surface area contributed by atoms with Gasteiger partial charge in [0.2, 0.25) is 5.91 Å². The lowest BCUT2D eigenvalue weighted by atomic mass is 10.1. The van der Waals surface area contributed by atoms with E-state index < -0.39 is 11.9 Å². The molecule has 1 saturated heterocycles. The number of halogens is 1. The van der Waals surface area contributed by atoms with Crippen LogP contribution in [0.15, 0.2) is 60.7 Å². The van der Waals surface area contributed by atoms with Crippen molar-refractivity contribution in [2.24, 2.45) is 0 Å². The number of hydrogen-bond donors (Lipinski definition) is 1. The number of piperazine rings is 1. The van der Waals surface area contributed by atoms with Crippen LogP contribution >= 0.6 is 11.6 Å². The number of anilines is 2. The Labute approximate surface area is 173 Å². The fraction of sp³-hybridized carbons (Fsp3) is 0.190. The summed E-state index contributed by atoms with van der Waals surface area (Å²) < 4.78 is 0. The fourth-order valence-electron chi connectivity index (χ4n) is 3.09. The summed E-state index contributed by atoms with van der Waals surface area (Å²) in [6, 6.07) is 14.2. The molecule has 29 heavy (non-hydrogen) atoms. The van der Waals surface area contributed by atoms with Gasteiger partial charge in [-0.3, -0.25) is 9.59 Å². The maximum Gasteiger partial charge on any atom is 0.256 e. The molecule has 1 fully saturated rings. The van der Waals surface area contributed by atoms with Gasteiger partial charge in [-0.2, -0.15) is 0 Å². The van der Waals surface area contributed by atoms with Crippen molar-refractivity contribution in [2.45, 2.75) is 0 Å². The average molecular weight is 413 g/mol. The van der Waals surface area contributed by atoms with Crippen molar-refractivity contribution in [3.8, 4) is 0 Å². The number of carboxylic acids is 1. The number of hydrogen-bond acceptors (Lipinski definition) is 5. The molecule has 3 rings (SSSR count). The molecule has 0 aliphatic carbocycles. The summed E-state index contributed by atoms with van der Waals surface area (Å²) in [5.74, 6) is -2.31. The Balaban J connectivity index is 1.66. The van der Waals surface area contributed by atoms with Crippen molar-refractivity contribution in [1.82, 2.24) is 4.90 Å². The Morgan fingerprint density at radius 3 is 2.24 bits per heavy atom. The third kappa shape index (κ3) is 5.36. The molecule has 7 nitrogen and oxygen atoms in total. The highest BCUT2D eigenvalue weighted by molar-refractivity contribution is 6.30. The van der Waals surface area contributed by atoms with Gasteiger partial charge in [0.15, 0.2) is 0 Å². The Hall–Kier alpha value is -3.32. The monoisotopic (exact) mass is 412 g/mol. The SMILES string of the molecule is O=C([O-])C=CC(=O)Nc1ccccc1C(=O)N1CCN(c2ccc(Cl)cc2)CC1. The zero-order chi connectivity index (χ0) is 20.8. The minimum Gasteiger partial charge on any atom is -0.545 e. The van der Waals surface area contributed by atoms with Gasteiger partial charge in [0.1, 0.15) is 0 Å². The van der Waals surface area contributed by atoms with Gasteiger partial charge in [-0.25, -0.2) is 0 Å². The number of amides is 2. The van der Waals surface area contributed by atoms with Crippen molar-refractivity contribution in [1.29, 1.82) is 0 Å². The van der Waals surface area contributed by atoms with Crippen LogP contribution in [0.3, 0.4) is 0 Å². The molecule has 1 heterocycles. The molecule has 0 bridgehead atoms. The second kappa shape index (κ2) is 9.25. The van der Waals surface area contributed by atoms with Gasteiger partial charge in [-0.15, -0.1) is 0 Å². The molecule has 0 aromatic heterocycles. The highest BCUT2D eigenvalue weighted by Crippen LogP contribution is 2.22. The number of rotatable bonds is 5. The second-order valence-electron chi connectivity index (χ2n) is 6.44. The molecule has 1 aliphatic heterocycles. The summed E-state index contributed by atoms with van der Waals surface area (Å²) >= 11 is 5.93. The highest BCUT2D eigenvalue weighted by Gasteiger charge is 2.24. The van der Waals surface area contributed by atoms with E-state index in [2.05, 4.69) is 10.2 Å². The minimum atomic E-state index is -1.47. The van der Waals surface area contributed by atoms with Crippen molar-refractivity contribution < 1.29 is 19.5 Å². The average Bonchev–Trinajstić information content (AvgIpc) is 2.73. The van der Waals surface area contributed by atoms with Crippen LogP contribution < -0.4 is 15.3 Å². The lowest BCUT2D eigenvalue weighted by molar-refractivity contribution is -0.297. The van der Waals surface area contributed by atoms with Crippen LogP contribution in [0.2, 0.25) is 5.02 Å². The summed E-state index contributed by atoms with van der Waals surface area (Å²) in [5, 5.41) is 13.6. The Morgan fingerprint density at radius 1 is 0.931 bits per heavy atom. The number of carbonyl (C=O) groups excluding carboxylic acids is 3. The Morgan fingerprint density at radius 2 is 1.59 bits per heavy atom. The Kier molecular flexibility index (Phi) is 6.51. The van der Waals surface area contributed by atoms with E-state index in [1.165, 1.54) is 0 Å². The first kappa shape index (κ1) is 20.4. The standard InChI is InChI=1S/C21H20ClN3O4/c22-15-5-7-16(8-6-15)24-11-13-25(14-12-24)21(29)17-3-1-2-4-18(17)23-19(26)9-10-20(27)28/h1-10H,11-14H2,(H,23,26)(H,27,28)/p-1. The zero-order valence-electron chi connectivity index (χ0n) is 15.5. The van der Waals surface area contributed by atoms with E-state index >= 15 is 0 Å². The van der Waals surface area contributed by atoms with Gasteiger partial charge in [-0.1, -0.05) is 23.7 Å². The van der Waals surface area contributed by atoms with Crippen LogP contribution in [0, 0.1) is 0 Å². The summed E-state index contributed by atoms with van der Waals surface area (Å²) in [6.07, 6.45) is 1.48. The number of aliphatic carboxylic acids is 1. The maximum atomic E-state index is 13.0. The summed E-state index contributed by atoms with van der Waals surface area (Å²) in [7, 11) is 0. The first-order valence-electron chi connectivity index (χ1n) is 9.03. The normalized spacial score (nSPS) is 14.1. The van der Waals surface area contributed by atoms with Gasteiger partial charge in [0.25, 0.3) is 5.91 Å². The molecule has 2 aromatic rings. The number of nitrogens with one attached hydrogen (secondary N) is 1. The zero-order valence-corrected chi connectivity index (χ0v) is 16.3. The van der Waals surface area contributed by atoms with Gasteiger partial charge >= 0.3 is 0 Å². The topological polar surface area (TPSA) is 92.8 Å². The predicted molar refractivity (Wildman–Crippen MR) is 109 cm³/mol. The number of nitrogens with zero attached hydrogens (tertiary/aromatic N) is 2. The second-order valence-corrected chi connectivity index (χ2v) is 6.88. The van der Waals surface area contributed by atoms with Crippen molar-refractivity contribution in [2.75, 3.05) is 36.4 Å². The minimum absolute atomic E-state index is 0.194. The van der Waals surface area contributed by atoms with Crippen LogP contribution in [0.25, 0.3) is 0 Å². The van der Waals surface area contributed by atoms with Crippen molar-refractivity contribution in [3.63, 3.8) is 0 Å². The third-order valence-electron chi connectivity index (χ3n) is 4.54. The van der Waals surface area contributed by atoms with Crippen molar-refractivity contribution >= 4 is 40.8 Å². The van der Waals surface area contributed by atoms with Crippen LogP contribution in [0.4, 0.5) is 11.4 Å². The van der Waals surface area contributed by atoms with Crippen molar-refractivity contribution in [3.05, 3.63) is 71.3 Å². The molecule has 0 saturated carbocycles. The van der Waals surface area contributed by atoms with E-state index in [4.69, 9.17) is 11.6 Å². The number of para-hydroxylation sites is 1. The summed E-state index contributed by atoms with van der Waals surface area (Å²) in [4.78, 5) is 39.2. The summed E-state index contributed by atoms with van der Waals surface area (Å²) in [6.45, 7) is 2.43. The van der Waals surface area contributed by atoms with Crippen LogP contribution in [0.1, 0.15) is 10.4 Å². The van der Waals surface area contributed by atoms with Gasteiger partial charge in [0, 0.05) is 43.0 Å². The number of carboxylic acid groups (broad SMARTS) is 1. The van der Waals surface area contributed by atoms with E-state index in [0.717, 1.165) is 11.8 Å². The molecule has 150 valence electrons. The lowest BCUT2D eigenvalue weighted by Gasteiger charge is -2.36. The molecular formula is C21H19ClN3O4-. The Bertz CT molecular complexity index is 935. The largest absolute Gasteiger partial charge is 0.545 e. The number of benzene rings is 2. The molecular weight excluding hydrogens is 394 g/mol. The molecule has 2 amide bonds. The first-order valence-corrected chi connectivity index (χ1v) is 9.40. The number of carbonyl (C=O) groups is 3. The van der Waals surface area contributed by atoms with Crippen LogP contribution in [0.5, 0.6) is 0 Å². The van der Waals surface area contributed by atoms with Gasteiger partial charge in [-0.05, 0) is 42.5 Å². The summed E-state index contributed by atoms with van der Waals surface area (Å²) in [5.41, 5.74) is 1.72. The molecule has 0 atom stereocenters. The smallest absolute Gasteiger partial charge is 0.256 e. The fourth-order valence-corrected chi connectivity index (χ4v) is 3.21. The quantitative estimate of drug-likeness (QED) is 0.752. The molecule has 0 unspecified atom stereocenters.